The number of likely N-dealkylation sites (tertiary alicyclic amines) is 1. The minimum absolute atomic E-state index is 0.147. The van der Waals surface area contributed by atoms with Crippen LogP contribution in [0.5, 0.6) is 0 Å². The van der Waals surface area contributed by atoms with Gasteiger partial charge in [0.15, 0.2) is 0 Å². The van der Waals surface area contributed by atoms with Gasteiger partial charge in [0.25, 0.3) is 5.91 Å². The van der Waals surface area contributed by atoms with Crippen molar-refractivity contribution in [2.45, 2.75) is 18.2 Å². The first-order valence-corrected chi connectivity index (χ1v) is 14.6. The number of hydrogen-bond donors (Lipinski definition) is 3. The monoisotopic (exact) mass is 590 g/mol. The van der Waals surface area contributed by atoms with Crippen LogP contribution in [0.1, 0.15) is 27.5 Å². The molecule has 1 aliphatic rings. The lowest BCUT2D eigenvalue weighted by Crippen LogP contribution is -2.61. The number of nitrogens with zero attached hydrogens (tertiary/aromatic N) is 2. The summed E-state index contributed by atoms with van der Waals surface area (Å²) in [7, 11) is -3.71. The SMILES string of the molecule is CS(=O)(=O)N(c1cccc(C(=O)NC[C@H](O)C(N)=O)c1)C1CN(C(c2ccc(Cl)cc2)c2ccc(Cl)cc2)C1. The Hall–Kier alpha value is -3.15. The highest BCUT2D eigenvalue weighted by Gasteiger charge is 2.40. The van der Waals surface area contributed by atoms with Crippen molar-refractivity contribution >= 4 is 50.7 Å². The van der Waals surface area contributed by atoms with Crippen molar-refractivity contribution < 1.29 is 23.1 Å². The number of rotatable bonds is 10. The van der Waals surface area contributed by atoms with Gasteiger partial charge < -0.3 is 16.2 Å². The van der Waals surface area contributed by atoms with Gasteiger partial charge in [-0.3, -0.25) is 18.8 Å². The number of amides is 2. The molecule has 1 saturated heterocycles. The van der Waals surface area contributed by atoms with E-state index in [4.69, 9.17) is 28.9 Å². The molecule has 0 unspecified atom stereocenters. The molecule has 1 fully saturated rings. The van der Waals surface area contributed by atoms with Gasteiger partial charge >= 0.3 is 0 Å². The topological polar surface area (TPSA) is 133 Å². The zero-order chi connectivity index (χ0) is 28.3. The molecule has 9 nitrogen and oxygen atoms in total. The Morgan fingerprint density at radius 1 is 1.03 bits per heavy atom. The number of benzene rings is 3. The minimum atomic E-state index is -3.71. The Balaban J connectivity index is 1.56. The van der Waals surface area contributed by atoms with E-state index in [0.717, 1.165) is 17.4 Å². The van der Waals surface area contributed by atoms with Gasteiger partial charge in [0.1, 0.15) is 6.10 Å². The fraction of sp³-hybridized carbons (Fsp3) is 0.259. The number of primary amides is 1. The number of carbonyl (C=O) groups excluding carboxylic acids is 2. The van der Waals surface area contributed by atoms with Crippen LogP contribution >= 0.6 is 23.2 Å². The smallest absolute Gasteiger partial charge is 0.251 e. The quantitative estimate of drug-likeness (QED) is 0.332. The predicted molar refractivity (Wildman–Crippen MR) is 151 cm³/mol. The van der Waals surface area contributed by atoms with E-state index < -0.39 is 27.9 Å². The van der Waals surface area contributed by atoms with Crippen LogP contribution in [-0.4, -0.2) is 68.3 Å². The van der Waals surface area contributed by atoms with Crippen molar-refractivity contribution in [1.82, 2.24) is 10.2 Å². The molecule has 39 heavy (non-hydrogen) atoms. The summed E-state index contributed by atoms with van der Waals surface area (Å²) in [5, 5.41) is 13.2. The fourth-order valence-electron chi connectivity index (χ4n) is 4.60. The standard InChI is InChI=1S/C27H28Cl2N4O5S/c1-39(37,38)33(22-4-2-3-19(13-22)27(36)31-14-24(34)26(30)35)23-15-32(16-23)25(17-5-9-20(28)10-6-17)18-7-11-21(29)12-8-18/h2-13,23-25,34H,14-16H2,1H3,(H2,30,35)(H,31,36)/t24-/m0/s1. The fourth-order valence-corrected chi connectivity index (χ4v) is 6.02. The third-order valence-corrected chi connectivity index (χ3v) is 8.19. The molecule has 0 spiro atoms. The average Bonchev–Trinajstić information content (AvgIpc) is 2.86. The number of nitrogens with two attached hydrogens (primary N) is 1. The van der Waals surface area contributed by atoms with Crippen LogP contribution in [0, 0.1) is 0 Å². The number of halogens is 2. The molecule has 4 N–H and O–H groups in total. The molecule has 0 saturated carbocycles. The zero-order valence-electron chi connectivity index (χ0n) is 21.0. The number of carbonyl (C=O) groups is 2. The highest BCUT2D eigenvalue weighted by Crippen LogP contribution is 2.36. The van der Waals surface area contributed by atoms with E-state index in [1.165, 1.54) is 16.4 Å². The molecule has 3 aromatic carbocycles. The van der Waals surface area contributed by atoms with E-state index in [1.807, 2.05) is 48.5 Å². The minimum Gasteiger partial charge on any atom is -0.381 e. The number of aliphatic hydroxyl groups excluding tert-OH is 1. The molecule has 1 aliphatic heterocycles. The number of anilines is 1. The highest BCUT2D eigenvalue weighted by molar-refractivity contribution is 7.92. The van der Waals surface area contributed by atoms with E-state index in [0.29, 0.717) is 28.8 Å². The molecular formula is C27H28Cl2N4O5S. The van der Waals surface area contributed by atoms with Crippen molar-refractivity contribution in [3.63, 3.8) is 0 Å². The maximum absolute atomic E-state index is 12.9. The molecule has 2 amide bonds. The van der Waals surface area contributed by atoms with E-state index in [-0.39, 0.29) is 24.2 Å². The molecular weight excluding hydrogens is 563 g/mol. The average molecular weight is 592 g/mol. The maximum atomic E-state index is 12.9. The summed E-state index contributed by atoms with van der Waals surface area (Å²) >= 11 is 12.2. The van der Waals surface area contributed by atoms with Crippen molar-refractivity contribution in [2.24, 2.45) is 5.73 Å². The van der Waals surface area contributed by atoms with Gasteiger partial charge in [0.05, 0.1) is 30.6 Å². The zero-order valence-corrected chi connectivity index (χ0v) is 23.3. The molecule has 0 bridgehead atoms. The Kier molecular flexibility index (Phi) is 8.83. The summed E-state index contributed by atoms with van der Waals surface area (Å²) < 4.78 is 27.2. The van der Waals surface area contributed by atoms with Gasteiger partial charge in [-0.05, 0) is 53.6 Å². The molecule has 3 aromatic rings. The molecule has 1 atom stereocenters. The summed E-state index contributed by atoms with van der Waals surface area (Å²) in [6.07, 6.45) is -0.401. The van der Waals surface area contributed by atoms with Crippen molar-refractivity contribution in [3.8, 4) is 0 Å². The van der Waals surface area contributed by atoms with Gasteiger partial charge in [-0.25, -0.2) is 8.42 Å². The molecule has 0 aromatic heterocycles. The second kappa shape index (κ2) is 11.9. The Morgan fingerprint density at radius 3 is 2.05 bits per heavy atom. The Bertz CT molecular complexity index is 1400. The summed E-state index contributed by atoms with van der Waals surface area (Å²) in [6.45, 7) is 0.511. The summed E-state index contributed by atoms with van der Waals surface area (Å²) in [4.78, 5) is 25.8. The lowest BCUT2D eigenvalue weighted by molar-refractivity contribution is -0.125. The van der Waals surface area contributed by atoms with E-state index in [1.54, 1.807) is 12.1 Å². The number of nitrogens with one attached hydrogen (secondary N) is 1. The van der Waals surface area contributed by atoms with Gasteiger partial charge in [-0.15, -0.1) is 0 Å². The lowest BCUT2D eigenvalue weighted by Gasteiger charge is -2.48. The van der Waals surface area contributed by atoms with Crippen LogP contribution < -0.4 is 15.4 Å². The largest absolute Gasteiger partial charge is 0.381 e. The van der Waals surface area contributed by atoms with Gasteiger partial charge in [0, 0.05) is 28.7 Å². The maximum Gasteiger partial charge on any atom is 0.251 e. The van der Waals surface area contributed by atoms with Gasteiger partial charge in [0.2, 0.25) is 15.9 Å². The third kappa shape index (κ3) is 6.90. The van der Waals surface area contributed by atoms with Crippen molar-refractivity contribution in [3.05, 3.63) is 99.5 Å². The second-order valence-electron chi connectivity index (χ2n) is 9.35. The Morgan fingerprint density at radius 2 is 1.56 bits per heavy atom. The molecule has 206 valence electrons. The van der Waals surface area contributed by atoms with Crippen LogP contribution in [0.3, 0.4) is 0 Å². The normalized spacial score (nSPS) is 15.0. The molecule has 0 radical (unpaired) electrons. The van der Waals surface area contributed by atoms with Crippen LogP contribution in [0.25, 0.3) is 0 Å². The molecule has 12 heteroatoms. The molecule has 0 aliphatic carbocycles. The number of aliphatic hydroxyl groups is 1. The van der Waals surface area contributed by atoms with E-state index in [9.17, 15) is 23.1 Å². The summed E-state index contributed by atoms with van der Waals surface area (Å²) in [5.41, 5.74) is 7.53. The van der Waals surface area contributed by atoms with Crippen LogP contribution in [0.4, 0.5) is 5.69 Å². The van der Waals surface area contributed by atoms with Crippen molar-refractivity contribution in [2.75, 3.05) is 30.2 Å². The first-order chi connectivity index (χ1) is 18.4. The first-order valence-electron chi connectivity index (χ1n) is 12.0. The van der Waals surface area contributed by atoms with Crippen LogP contribution in [0.2, 0.25) is 10.0 Å². The Labute approximate surface area is 237 Å². The summed E-state index contributed by atoms with van der Waals surface area (Å²) in [6, 6.07) is 20.7. The first kappa shape index (κ1) is 28.8. The van der Waals surface area contributed by atoms with E-state index >= 15 is 0 Å². The van der Waals surface area contributed by atoms with Crippen LogP contribution in [-0.2, 0) is 14.8 Å². The summed E-state index contributed by atoms with van der Waals surface area (Å²) in [5.74, 6) is -1.54. The lowest BCUT2D eigenvalue weighted by atomic mass is 9.93. The molecule has 1 heterocycles. The van der Waals surface area contributed by atoms with Gasteiger partial charge in [-0.2, -0.15) is 0 Å². The predicted octanol–water partition coefficient (Wildman–Crippen LogP) is 2.81. The van der Waals surface area contributed by atoms with Crippen LogP contribution in [0.15, 0.2) is 72.8 Å². The third-order valence-electron chi connectivity index (χ3n) is 6.46. The van der Waals surface area contributed by atoms with Gasteiger partial charge in [-0.1, -0.05) is 53.5 Å². The second-order valence-corrected chi connectivity index (χ2v) is 12.1. The molecule has 4 rings (SSSR count). The number of hydrogen-bond acceptors (Lipinski definition) is 6. The number of sulfonamides is 1. The highest BCUT2D eigenvalue weighted by atomic mass is 35.5. The van der Waals surface area contributed by atoms with Crippen molar-refractivity contribution in [1.29, 1.82) is 0 Å². The van der Waals surface area contributed by atoms with E-state index in [2.05, 4.69) is 10.2 Å².